The Labute approximate surface area is 174 Å². The van der Waals surface area contributed by atoms with Crippen LogP contribution in [0.2, 0.25) is 0 Å². The molecule has 3 N–H and O–H groups in total. The number of piperazine rings is 1. The van der Waals surface area contributed by atoms with Crippen LogP contribution < -0.4 is 11.3 Å². The number of hydrogen-bond donors (Lipinski definition) is 2. The minimum Gasteiger partial charge on any atom is -0.339 e. The highest BCUT2D eigenvalue weighted by molar-refractivity contribution is 7.18. The number of carbonyl (C=O) groups is 1. The SMILES string of the molecule is Cl.Cl.NCC(=O)N1CCN(Cc2nc3sc4c(c3c(=O)[nH]2)CCCC4)CC1. The summed E-state index contributed by atoms with van der Waals surface area (Å²) in [5.41, 5.74) is 6.64. The molecule has 0 radical (unpaired) electrons. The lowest BCUT2D eigenvalue weighted by Gasteiger charge is -2.34. The fourth-order valence-corrected chi connectivity index (χ4v) is 5.06. The van der Waals surface area contributed by atoms with Crippen molar-refractivity contribution in [1.29, 1.82) is 0 Å². The van der Waals surface area contributed by atoms with Crippen LogP contribution in [0.4, 0.5) is 0 Å². The van der Waals surface area contributed by atoms with E-state index in [1.807, 2.05) is 0 Å². The standard InChI is InChI=1S/C17H23N5O2S.2ClH/c18-9-14(23)22-7-5-21(6-8-22)10-13-19-16(24)15-11-3-1-2-4-12(11)25-17(15)20-13;;/h1-10,18H2,(H,19,20,24);2*1H. The number of aryl methyl sites for hydroxylation is 2. The number of fused-ring (bicyclic) bond motifs is 3. The molecule has 1 fully saturated rings. The number of halogens is 2. The van der Waals surface area contributed by atoms with Crippen LogP contribution in [0.25, 0.3) is 10.2 Å². The molecule has 1 aliphatic carbocycles. The van der Waals surface area contributed by atoms with Crippen molar-refractivity contribution in [1.82, 2.24) is 19.8 Å². The van der Waals surface area contributed by atoms with Crippen LogP contribution in [0, 0.1) is 0 Å². The lowest BCUT2D eigenvalue weighted by molar-refractivity contribution is -0.131. The predicted octanol–water partition coefficient (Wildman–Crippen LogP) is 1.31. The first-order valence-corrected chi connectivity index (χ1v) is 9.71. The Morgan fingerprint density at radius 1 is 1.15 bits per heavy atom. The van der Waals surface area contributed by atoms with E-state index >= 15 is 0 Å². The second kappa shape index (κ2) is 9.34. The van der Waals surface area contributed by atoms with E-state index in [2.05, 4.69) is 9.88 Å². The molecule has 2 aromatic heterocycles. The number of rotatable bonds is 3. The summed E-state index contributed by atoms with van der Waals surface area (Å²) in [4.78, 5) is 38.2. The van der Waals surface area contributed by atoms with Gasteiger partial charge in [-0.15, -0.1) is 36.2 Å². The molecule has 2 aliphatic rings. The van der Waals surface area contributed by atoms with E-state index in [9.17, 15) is 9.59 Å². The van der Waals surface area contributed by atoms with Gasteiger partial charge in [0.05, 0.1) is 18.5 Å². The van der Waals surface area contributed by atoms with Gasteiger partial charge in [-0.05, 0) is 31.2 Å². The number of carbonyl (C=O) groups excluding carboxylic acids is 1. The zero-order chi connectivity index (χ0) is 17.4. The topological polar surface area (TPSA) is 95.3 Å². The molecule has 27 heavy (non-hydrogen) atoms. The van der Waals surface area contributed by atoms with Crippen LogP contribution in [-0.4, -0.2) is 58.4 Å². The highest BCUT2D eigenvalue weighted by Crippen LogP contribution is 2.33. The Morgan fingerprint density at radius 3 is 2.56 bits per heavy atom. The molecule has 10 heteroatoms. The number of hydrogen-bond acceptors (Lipinski definition) is 6. The van der Waals surface area contributed by atoms with Crippen LogP contribution >= 0.6 is 36.2 Å². The zero-order valence-corrected chi connectivity index (χ0v) is 17.5. The van der Waals surface area contributed by atoms with Gasteiger partial charge in [0.15, 0.2) is 0 Å². The van der Waals surface area contributed by atoms with Crippen molar-refractivity contribution in [2.24, 2.45) is 5.73 Å². The summed E-state index contributed by atoms with van der Waals surface area (Å²) in [7, 11) is 0. The van der Waals surface area contributed by atoms with Crippen LogP contribution in [0.5, 0.6) is 0 Å². The summed E-state index contributed by atoms with van der Waals surface area (Å²) >= 11 is 1.68. The molecule has 4 rings (SSSR count). The van der Waals surface area contributed by atoms with E-state index in [0.717, 1.165) is 48.4 Å². The Kier molecular flexibility index (Phi) is 7.64. The number of nitrogens with two attached hydrogens (primary N) is 1. The quantitative estimate of drug-likeness (QED) is 0.760. The summed E-state index contributed by atoms with van der Waals surface area (Å²) in [6.45, 7) is 3.57. The molecule has 0 bridgehead atoms. The molecular formula is C17H25Cl2N5O2S. The predicted molar refractivity (Wildman–Crippen MR) is 112 cm³/mol. The molecule has 0 atom stereocenters. The van der Waals surface area contributed by atoms with Crippen molar-refractivity contribution in [2.45, 2.75) is 32.2 Å². The lowest BCUT2D eigenvalue weighted by atomic mass is 9.97. The van der Waals surface area contributed by atoms with E-state index in [-0.39, 0.29) is 42.8 Å². The fraction of sp³-hybridized carbons (Fsp3) is 0.588. The van der Waals surface area contributed by atoms with E-state index in [4.69, 9.17) is 10.7 Å². The first-order valence-electron chi connectivity index (χ1n) is 8.89. The van der Waals surface area contributed by atoms with Gasteiger partial charge in [0.2, 0.25) is 5.91 Å². The number of nitrogens with zero attached hydrogens (tertiary/aromatic N) is 3. The van der Waals surface area contributed by atoms with Gasteiger partial charge < -0.3 is 15.6 Å². The number of H-pyrrole nitrogens is 1. The normalized spacial score (nSPS) is 17.1. The van der Waals surface area contributed by atoms with Crippen molar-refractivity contribution >= 4 is 52.3 Å². The Morgan fingerprint density at radius 2 is 1.85 bits per heavy atom. The highest BCUT2D eigenvalue weighted by Gasteiger charge is 2.22. The molecular weight excluding hydrogens is 409 g/mol. The maximum Gasteiger partial charge on any atom is 0.259 e. The minimum absolute atomic E-state index is 0. The largest absolute Gasteiger partial charge is 0.339 e. The Hall–Kier alpha value is -1.19. The highest BCUT2D eigenvalue weighted by atomic mass is 35.5. The third-order valence-electron chi connectivity index (χ3n) is 5.15. The number of aromatic amines is 1. The van der Waals surface area contributed by atoms with Crippen LogP contribution in [0.1, 0.15) is 29.1 Å². The maximum atomic E-state index is 12.6. The molecule has 1 saturated heterocycles. The smallest absolute Gasteiger partial charge is 0.259 e. The first-order chi connectivity index (χ1) is 12.2. The van der Waals surface area contributed by atoms with E-state index in [1.54, 1.807) is 16.2 Å². The fourth-order valence-electron chi connectivity index (χ4n) is 3.78. The third-order valence-corrected chi connectivity index (χ3v) is 6.33. The number of aromatic nitrogens is 2. The summed E-state index contributed by atoms with van der Waals surface area (Å²) < 4.78 is 0. The second-order valence-corrected chi connectivity index (χ2v) is 7.85. The number of amides is 1. The number of nitrogens with one attached hydrogen (secondary N) is 1. The first kappa shape index (κ1) is 22.1. The van der Waals surface area contributed by atoms with Gasteiger partial charge in [0.1, 0.15) is 10.7 Å². The number of thiophene rings is 1. The van der Waals surface area contributed by atoms with Gasteiger partial charge in [-0.25, -0.2) is 4.98 Å². The van der Waals surface area contributed by atoms with Gasteiger partial charge in [0, 0.05) is 31.1 Å². The van der Waals surface area contributed by atoms with Crippen molar-refractivity contribution in [3.8, 4) is 0 Å². The van der Waals surface area contributed by atoms with Crippen molar-refractivity contribution in [3.05, 3.63) is 26.6 Å². The maximum absolute atomic E-state index is 12.6. The molecule has 150 valence electrons. The zero-order valence-electron chi connectivity index (χ0n) is 15.0. The molecule has 2 aromatic rings. The average molecular weight is 434 g/mol. The molecule has 0 aromatic carbocycles. The summed E-state index contributed by atoms with van der Waals surface area (Å²) in [6, 6.07) is 0. The van der Waals surface area contributed by atoms with E-state index < -0.39 is 0 Å². The molecule has 0 spiro atoms. The summed E-state index contributed by atoms with van der Waals surface area (Å²) in [5, 5.41) is 0.807. The third kappa shape index (κ3) is 4.46. The molecule has 1 amide bonds. The monoisotopic (exact) mass is 433 g/mol. The van der Waals surface area contributed by atoms with E-state index in [0.29, 0.717) is 19.6 Å². The van der Waals surface area contributed by atoms with Gasteiger partial charge in [-0.1, -0.05) is 0 Å². The van der Waals surface area contributed by atoms with Gasteiger partial charge >= 0.3 is 0 Å². The Balaban J connectivity index is 0.00000131. The molecule has 3 heterocycles. The second-order valence-electron chi connectivity index (χ2n) is 6.76. The van der Waals surface area contributed by atoms with Gasteiger partial charge in [-0.3, -0.25) is 14.5 Å². The van der Waals surface area contributed by atoms with Crippen molar-refractivity contribution in [2.75, 3.05) is 32.7 Å². The van der Waals surface area contributed by atoms with Crippen molar-refractivity contribution < 1.29 is 4.79 Å². The summed E-state index contributed by atoms with van der Waals surface area (Å²) in [5.74, 6) is 0.714. The molecule has 1 aliphatic heterocycles. The molecule has 0 unspecified atom stereocenters. The summed E-state index contributed by atoms with van der Waals surface area (Å²) in [6.07, 6.45) is 4.43. The van der Waals surface area contributed by atoms with Crippen molar-refractivity contribution in [3.63, 3.8) is 0 Å². The average Bonchev–Trinajstić information content (AvgIpc) is 3.00. The van der Waals surface area contributed by atoms with Gasteiger partial charge in [0.25, 0.3) is 5.56 Å². The molecule has 7 nitrogen and oxygen atoms in total. The molecule has 0 saturated carbocycles. The van der Waals surface area contributed by atoms with Crippen LogP contribution in [-0.2, 0) is 24.2 Å². The van der Waals surface area contributed by atoms with E-state index in [1.165, 1.54) is 16.9 Å². The van der Waals surface area contributed by atoms with Crippen LogP contribution in [0.3, 0.4) is 0 Å². The lowest BCUT2D eigenvalue weighted by Crippen LogP contribution is -2.50. The Bertz CT molecular complexity index is 861. The van der Waals surface area contributed by atoms with Gasteiger partial charge in [-0.2, -0.15) is 0 Å². The minimum atomic E-state index is -0.00338. The van der Waals surface area contributed by atoms with Crippen LogP contribution in [0.15, 0.2) is 4.79 Å².